The standard InChI is InChI=1S/C18H15BrClN/c19-16-11-15(7-8-17(16)20)18(21)10-12-5-6-13-3-1-2-4-14(13)9-12/h1-9,11,18H,10,21H2. The number of halogens is 2. The summed E-state index contributed by atoms with van der Waals surface area (Å²) in [6.07, 6.45) is 0.804. The van der Waals surface area contributed by atoms with Crippen molar-refractivity contribution in [3.8, 4) is 0 Å². The molecule has 0 aliphatic heterocycles. The zero-order chi connectivity index (χ0) is 14.8. The lowest BCUT2D eigenvalue weighted by molar-refractivity contribution is 0.722. The van der Waals surface area contributed by atoms with Gasteiger partial charge in [-0.15, -0.1) is 0 Å². The fourth-order valence-corrected chi connectivity index (χ4v) is 2.99. The van der Waals surface area contributed by atoms with Crippen molar-refractivity contribution in [3.63, 3.8) is 0 Å². The third kappa shape index (κ3) is 3.29. The van der Waals surface area contributed by atoms with Gasteiger partial charge in [-0.25, -0.2) is 0 Å². The Balaban J connectivity index is 1.85. The summed E-state index contributed by atoms with van der Waals surface area (Å²) < 4.78 is 0.885. The lowest BCUT2D eigenvalue weighted by Gasteiger charge is -2.13. The Morgan fingerprint density at radius 2 is 1.71 bits per heavy atom. The maximum atomic E-state index is 6.33. The Hall–Kier alpha value is -1.35. The van der Waals surface area contributed by atoms with E-state index in [0.29, 0.717) is 5.02 Å². The molecule has 106 valence electrons. The fraction of sp³-hybridized carbons (Fsp3) is 0.111. The zero-order valence-corrected chi connectivity index (χ0v) is 13.7. The van der Waals surface area contributed by atoms with E-state index in [9.17, 15) is 0 Å². The van der Waals surface area contributed by atoms with Gasteiger partial charge in [-0.3, -0.25) is 0 Å². The Morgan fingerprint density at radius 1 is 0.952 bits per heavy atom. The Kier molecular flexibility index (Phi) is 4.29. The van der Waals surface area contributed by atoms with Crippen LogP contribution in [0.3, 0.4) is 0 Å². The molecule has 1 unspecified atom stereocenters. The van der Waals surface area contributed by atoms with E-state index in [4.69, 9.17) is 17.3 Å². The molecule has 3 aromatic carbocycles. The number of benzene rings is 3. The first-order valence-electron chi connectivity index (χ1n) is 6.82. The molecule has 0 aliphatic carbocycles. The first-order chi connectivity index (χ1) is 10.1. The smallest absolute Gasteiger partial charge is 0.0548 e. The summed E-state index contributed by atoms with van der Waals surface area (Å²) in [4.78, 5) is 0. The zero-order valence-electron chi connectivity index (χ0n) is 11.4. The summed E-state index contributed by atoms with van der Waals surface area (Å²) in [6, 6.07) is 20.7. The minimum Gasteiger partial charge on any atom is -0.324 e. The highest BCUT2D eigenvalue weighted by molar-refractivity contribution is 9.10. The topological polar surface area (TPSA) is 26.0 Å². The van der Waals surface area contributed by atoms with Crippen LogP contribution in [0.5, 0.6) is 0 Å². The number of rotatable bonds is 3. The average Bonchev–Trinajstić information content (AvgIpc) is 2.50. The number of nitrogens with two attached hydrogens (primary N) is 1. The molecule has 3 heteroatoms. The Labute approximate surface area is 137 Å². The number of hydrogen-bond donors (Lipinski definition) is 1. The maximum absolute atomic E-state index is 6.33. The van der Waals surface area contributed by atoms with Crippen molar-refractivity contribution in [2.24, 2.45) is 5.73 Å². The van der Waals surface area contributed by atoms with Gasteiger partial charge in [-0.2, -0.15) is 0 Å². The van der Waals surface area contributed by atoms with E-state index >= 15 is 0 Å². The highest BCUT2D eigenvalue weighted by Crippen LogP contribution is 2.27. The molecule has 3 aromatic rings. The molecule has 0 bridgehead atoms. The van der Waals surface area contributed by atoms with Crippen LogP contribution < -0.4 is 5.73 Å². The minimum atomic E-state index is -0.0419. The van der Waals surface area contributed by atoms with Crippen molar-refractivity contribution in [2.45, 2.75) is 12.5 Å². The summed E-state index contributed by atoms with van der Waals surface area (Å²) in [5, 5.41) is 3.21. The molecule has 0 heterocycles. The van der Waals surface area contributed by atoms with Crippen molar-refractivity contribution in [2.75, 3.05) is 0 Å². The monoisotopic (exact) mass is 359 g/mol. The van der Waals surface area contributed by atoms with Gasteiger partial charge in [-0.1, -0.05) is 60.1 Å². The van der Waals surface area contributed by atoms with Crippen molar-refractivity contribution in [1.29, 1.82) is 0 Å². The van der Waals surface area contributed by atoms with Gasteiger partial charge >= 0.3 is 0 Å². The van der Waals surface area contributed by atoms with Crippen LogP contribution in [0.4, 0.5) is 0 Å². The Morgan fingerprint density at radius 3 is 2.48 bits per heavy atom. The lowest BCUT2D eigenvalue weighted by Crippen LogP contribution is -2.13. The molecule has 21 heavy (non-hydrogen) atoms. The molecule has 2 N–H and O–H groups in total. The summed E-state index contributed by atoms with van der Waals surface area (Å²) >= 11 is 9.47. The molecular formula is C18H15BrClN. The SMILES string of the molecule is NC(Cc1ccc2ccccc2c1)c1ccc(Cl)c(Br)c1. The molecule has 0 aromatic heterocycles. The van der Waals surface area contributed by atoms with Crippen molar-refractivity contribution in [3.05, 3.63) is 81.3 Å². The van der Waals surface area contributed by atoms with E-state index < -0.39 is 0 Å². The van der Waals surface area contributed by atoms with Crippen LogP contribution in [-0.2, 0) is 6.42 Å². The van der Waals surface area contributed by atoms with Crippen LogP contribution in [-0.4, -0.2) is 0 Å². The van der Waals surface area contributed by atoms with Crippen molar-refractivity contribution >= 4 is 38.3 Å². The van der Waals surface area contributed by atoms with Crippen LogP contribution in [0.1, 0.15) is 17.2 Å². The van der Waals surface area contributed by atoms with E-state index in [0.717, 1.165) is 16.5 Å². The van der Waals surface area contributed by atoms with Crippen molar-refractivity contribution < 1.29 is 0 Å². The number of hydrogen-bond acceptors (Lipinski definition) is 1. The fourth-order valence-electron chi connectivity index (χ4n) is 2.48. The van der Waals surface area contributed by atoms with Crippen molar-refractivity contribution in [1.82, 2.24) is 0 Å². The van der Waals surface area contributed by atoms with E-state index in [1.54, 1.807) is 0 Å². The molecule has 0 spiro atoms. The third-order valence-corrected chi connectivity index (χ3v) is 4.86. The first kappa shape index (κ1) is 14.6. The van der Waals surface area contributed by atoms with Crippen LogP contribution in [0, 0.1) is 0 Å². The molecule has 0 saturated carbocycles. The lowest BCUT2D eigenvalue weighted by atomic mass is 9.98. The number of fused-ring (bicyclic) bond motifs is 1. The van der Waals surface area contributed by atoms with Gasteiger partial charge in [0.1, 0.15) is 0 Å². The molecule has 0 radical (unpaired) electrons. The molecular weight excluding hydrogens is 346 g/mol. The van der Waals surface area contributed by atoms with E-state index in [2.05, 4.69) is 58.4 Å². The van der Waals surface area contributed by atoms with Gasteiger partial charge in [0.2, 0.25) is 0 Å². The van der Waals surface area contributed by atoms with Gasteiger partial charge in [0.15, 0.2) is 0 Å². The molecule has 0 fully saturated rings. The van der Waals surface area contributed by atoms with Gasteiger partial charge in [0.05, 0.1) is 5.02 Å². The van der Waals surface area contributed by atoms with E-state index in [-0.39, 0.29) is 6.04 Å². The molecule has 3 rings (SSSR count). The molecule has 0 saturated heterocycles. The summed E-state index contributed by atoms with van der Waals surface area (Å²) in [7, 11) is 0. The second-order valence-electron chi connectivity index (χ2n) is 5.17. The largest absolute Gasteiger partial charge is 0.324 e. The molecule has 1 nitrogen and oxygen atoms in total. The highest BCUT2D eigenvalue weighted by atomic mass is 79.9. The second-order valence-corrected chi connectivity index (χ2v) is 6.43. The molecule has 0 amide bonds. The van der Waals surface area contributed by atoms with Crippen LogP contribution in [0.2, 0.25) is 5.02 Å². The minimum absolute atomic E-state index is 0.0419. The molecule has 1 atom stereocenters. The quantitative estimate of drug-likeness (QED) is 0.656. The van der Waals surface area contributed by atoms with Gasteiger partial charge in [-0.05, 0) is 56.4 Å². The van der Waals surface area contributed by atoms with Crippen LogP contribution in [0.15, 0.2) is 65.1 Å². The van der Waals surface area contributed by atoms with E-state index in [1.807, 2.05) is 18.2 Å². The predicted molar refractivity (Wildman–Crippen MR) is 93.7 cm³/mol. The maximum Gasteiger partial charge on any atom is 0.0548 e. The van der Waals surface area contributed by atoms with Gasteiger partial charge in [0.25, 0.3) is 0 Å². The third-order valence-electron chi connectivity index (χ3n) is 3.64. The first-order valence-corrected chi connectivity index (χ1v) is 7.99. The van der Waals surface area contributed by atoms with E-state index in [1.165, 1.54) is 16.3 Å². The van der Waals surface area contributed by atoms with Gasteiger partial charge in [0, 0.05) is 10.5 Å². The Bertz CT molecular complexity index is 785. The van der Waals surface area contributed by atoms with Crippen LogP contribution >= 0.6 is 27.5 Å². The second kappa shape index (κ2) is 6.18. The normalized spacial score (nSPS) is 12.5. The van der Waals surface area contributed by atoms with Gasteiger partial charge < -0.3 is 5.73 Å². The molecule has 0 aliphatic rings. The average molecular weight is 361 g/mol. The van der Waals surface area contributed by atoms with Crippen LogP contribution in [0.25, 0.3) is 10.8 Å². The predicted octanol–water partition coefficient (Wildman–Crippen LogP) is 5.50. The highest BCUT2D eigenvalue weighted by Gasteiger charge is 2.09. The summed E-state index contributed by atoms with van der Waals surface area (Å²) in [5.74, 6) is 0. The summed E-state index contributed by atoms with van der Waals surface area (Å²) in [6.45, 7) is 0. The summed E-state index contributed by atoms with van der Waals surface area (Å²) in [5.41, 5.74) is 8.65.